The van der Waals surface area contributed by atoms with Crippen molar-refractivity contribution in [3.05, 3.63) is 0 Å². The van der Waals surface area contributed by atoms with Gasteiger partial charge in [0.25, 0.3) is 0 Å². The third-order valence-electron chi connectivity index (χ3n) is 5.02. The monoisotopic (exact) mass is 297 g/mol. The van der Waals surface area contributed by atoms with Gasteiger partial charge in [0.1, 0.15) is 0 Å². The minimum absolute atomic E-state index is 0.754. The zero-order valence-electron chi connectivity index (χ0n) is 15.2. The molecule has 1 fully saturated rings. The van der Waals surface area contributed by atoms with Crippen molar-refractivity contribution in [3.8, 4) is 0 Å². The van der Waals surface area contributed by atoms with Crippen molar-refractivity contribution in [3.63, 3.8) is 0 Å². The van der Waals surface area contributed by atoms with Crippen LogP contribution in [0.4, 0.5) is 0 Å². The number of hydrogen-bond acceptors (Lipinski definition) is 3. The van der Waals surface area contributed by atoms with E-state index in [1.165, 1.54) is 64.7 Å². The smallest absolute Gasteiger partial charge is 0.0108 e. The molecule has 3 unspecified atom stereocenters. The molecule has 0 aromatic carbocycles. The quantitative estimate of drug-likeness (QED) is 0.668. The van der Waals surface area contributed by atoms with Crippen molar-refractivity contribution in [1.82, 2.24) is 15.1 Å². The van der Waals surface area contributed by atoms with Gasteiger partial charge in [-0.2, -0.15) is 0 Å². The summed E-state index contributed by atoms with van der Waals surface area (Å²) in [5.74, 6) is 1.81. The van der Waals surface area contributed by atoms with Crippen LogP contribution in [0.1, 0.15) is 52.4 Å². The highest BCUT2D eigenvalue weighted by Gasteiger charge is 2.29. The maximum Gasteiger partial charge on any atom is 0.0108 e. The van der Waals surface area contributed by atoms with Crippen LogP contribution >= 0.6 is 0 Å². The summed E-state index contributed by atoms with van der Waals surface area (Å²) < 4.78 is 0. The van der Waals surface area contributed by atoms with Gasteiger partial charge in [-0.05, 0) is 84.7 Å². The first-order chi connectivity index (χ1) is 10.1. The molecule has 0 aromatic heterocycles. The summed E-state index contributed by atoms with van der Waals surface area (Å²) in [4.78, 5) is 4.85. The number of hydrogen-bond donors (Lipinski definition) is 1. The Morgan fingerprint density at radius 1 is 1.05 bits per heavy atom. The summed E-state index contributed by atoms with van der Waals surface area (Å²) >= 11 is 0. The standard InChI is InChI=1S/C18H39N3/c1-6-11-19-18-10-9-16(7-2)14-17(18)15-21(5)13-8-12-20(3)4/h16-19H,6-15H2,1-5H3. The molecule has 0 saturated heterocycles. The van der Waals surface area contributed by atoms with Gasteiger partial charge in [0, 0.05) is 12.6 Å². The lowest BCUT2D eigenvalue weighted by molar-refractivity contribution is 0.149. The maximum atomic E-state index is 3.81. The lowest BCUT2D eigenvalue weighted by atomic mass is 9.76. The minimum atomic E-state index is 0.754. The van der Waals surface area contributed by atoms with Crippen LogP contribution in [-0.4, -0.2) is 63.2 Å². The van der Waals surface area contributed by atoms with E-state index in [0.29, 0.717) is 0 Å². The predicted molar refractivity (Wildman–Crippen MR) is 93.9 cm³/mol. The second-order valence-corrected chi connectivity index (χ2v) is 7.33. The Kier molecular flexibility index (Phi) is 9.54. The minimum Gasteiger partial charge on any atom is -0.314 e. The van der Waals surface area contributed by atoms with Gasteiger partial charge in [-0.3, -0.25) is 0 Å². The molecule has 3 nitrogen and oxygen atoms in total. The van der Waals surface area contributed by atoms with Gasteiger partial charge >= 0.3 is 0 Å². The van der Waals surface area contributed by atoms with Gasteiger partial charge in [-0.15, -0.1) is 0 Å². The molecule has 3 heteroatoms. The van der Waals surface area contributed by atoms with Crippen molar-refractivity contribution in [2.45, 2.75) is 58.4 Å². The van der Waals surface area contributed by atoms with E-state index in [-0.39, 0.29) is 0 Å². The Balaban J connectivity index is 2.40. The van der Waals surface area contributed by atoms with E-state index in [0.717, 1.165) is 17.9 Å². The fourth-order valence-corrected chi connectivity index (χ4v) is 3.68. The van der Waals surface area contributed by atoms with Crippen molar-refractivity contribution in [1.29, 1.82) is 0 Å². The van der Waals surface area contributed by atoms with Crippen LogP contribution in [0.15, 0.2) is 0 Å². The van der Waals surface area contributed by atoms with E-state index in [4.69, 9.17) is 0 Å². The first-order valence-corrected chi connectivity index (χ1v) is 9.13. The maximum absolute atomic E-state index is 3.81. The highest BCUT2D eigenvalue weighted by molar-refractivity contribution is 4.86. The molecular weight excluding hydrogens is 258 g/mol. The van der Waals surface area contributed by atoms with Crippen LogP contribution < -0.4 is 5.32 Å². The van der Waals surface area contributed by atoms with Gasteiger partial charge in [-0.1, -0.05) is 20.3 Å². The lowest BCUT2D eigenvalue weighted by Gasteiger charge is -2.38. The molecule has 1 aliphatic rings. The first kappa shape index (κ1) is 18.9. The Bertz CT molecular complexity index is 255. The van der Waals surface area contributed by atoms with E-state index < -0.39 is 0 Å². The van der Waals surface area contributed by atoms with Crippen LogP contribution in [0.2, 0.25) is 0 Å². The molecule has 1 aliphatic carbocycles. The zero-order chi connectivity index (χ0) is 15.7. The van der Waals surface area contributed by atoms with Gasteiger partial charge in [0.2, 0.25) is 0 Å². The zero-order valence-corrected chi connectivity index (χ0v) is 15.2. The summed E-state index contributed by atoms with van der Waals surface area (Å²) in [6.45, 7) is 9.51. The third kappa shape index (κ3) is 7.62. The van der Waals surface area contributed by atoms with E-state index >= 15 is 0 Å². The molecule has 0 aromatic rings. The van der Waals surface area contributed by atoms with E-state index in [1.54, 1.807) is 0 Å². The summed E-state index contributed by atoms with van der Waals surface area (Å²) in [5.41, 5.74) is 0. The Hall–Kier alpha value is -0.120. The molecule has 126 valence electrons. The summed E-state index contributed by atoms with van der Waals surface area (Å²) in [6, 6.07) is 0.754. The topological polar surface area (TPSA) is 18.5 Å². The normalized spacial score (nSPS) is 26.7. The Morgan fingerprint density at radius 3 is 2.43 bits per heavy atom. The second-order valence-electron chi connectivity index (χ2n) is 7.33. The molecule has 1 rings (SSSR count). The summed E-state index contributed by atoms with van der Waals surface area (Å²) in [6.07, 6.45) is 8.13. The van der Waals surface area contributed by atoms with Gasteiger partial charge in [-0.25, -0.2) is 0 Å². The molecule has 3 atom stereocenters. The lowest BCUT2D eigenvalue weighted by Crippen LogP contribution is -2.45. The summed E-state index contributed by atoms with van der Waals surface area (Å²) in [5, 5.41) is 3.81. The van der Waals surface area contributed by atoms with E-state index in [1.807, 2.05) is 0 Å². The molecular formula is C18H39N3. The van der Waals surface area contributed by atoms with Gasteiger partial charge < -0.3 is 15.1 Å². The first-order valence-electron chi connectivity index (χ1n) is 9.13. The van der Waals surface area contributed by atoms with E-state index in [9.17, 15) is 0 Å². The highest BCUT2D eigenvalue weighted by Crippen LogP contribution is 2.31. The van der Waals surface area contributed by atoms with Gasteiger partial charge in [0.15, 0.2) is 0 Å². The highest BCUT2D eigenvalue weighted by atomic mass is 15.1. The average Bonchev–Trinajstić information content (AvgIpc) is 2.45. The van der Waals surface area contributed by atoms with Crippen LogP contribution in [0.25, 0.3) is 0 Å². The molecule has 0 amide bonds. The molecule has 0 radical (unpaired) electrons. The van der Waals surface area contributed by atoms with Crippen molar-refractivity contribution in [2.75, 3.05) is 47.3 Å². The van der Waals surface area contributed by atoms with Crippen LogP contribution in [0.5, 0.6) is 0 Å². The summed E-state index contributed by atoms with van der Waals surface area (Å²) in [7, 11) is 6.64. The SMILES string of the molecule is CCCNC1CCC(CC)CC1CN(C)CCCN(C)C. The molecule has 0 aliphatic heterocycles. The molecule has 21 heavy (non-hydrogen) atoms. The van der Waals surface area contributed by atoms with Crippen molar-refractivity contribution >= 4 is 0 Å². The van der Waals surface area contributed by atoms with Crippen LogP contribution in [-0.2, 0) is 0 Å². The fourth-order valence-electron chi connectivity index (χ4n) is 3.68. The largest absolute Gasteiger partial charge is 0.314 e. The number of nitrogens with one attached hydrogen (secondary N) is 1. The van der Waals surface area contributed by atoms with E-state index in [2.05, 4.69) is 50.1 Å². The predicted octanol–water partition coefficient (Wildman–Crippen LogP) is 3.06. The van der Waals surface area contributed by atoms with Crippen molar-refractivity contribution in [2.24, 2.45) is 11.8 Å². The third-order valence-corrected chi connectivity index (χ3v) is 5.02. The van der Waals surface area contributed by atoms with Crippen LogP contribution in [0, 0.1) is 11.8 Å². The molecule has 1 saturated carbocycles. The van der Waals surface area contributed by atoms with Crippen LogP contribution in [0.3, 0.4) is 0 Å². The molecule has 0 bridgehead atoms. The second kappa shape index (κ2) is 10.6. The van der Waals surface area contributed by atoms with Crippen molar-refractivity contribution < 1.29 is 0 Å². The number of nitrogens with zero attached hydrogens (tertiary/aromatic N) is 2. The Morgan fingerprint density at radius 2 is 1.81 bits per heavy atom. The Labute approximate surface area is 133 Å². The molecule has 1 N–H and O–H groups in total. The average molecular weight is 298 g/mol. The number of rotatable bonds is 10. The molecule has 0 heterocycles. The van der Waals surface area contributed by atoms with Gasteiger partial charge in [0.05, 0.1) is 0 Å². The molecule has 0 spiro atoms. The fraction of sp³-hybridized carbons (Fsp3) is 1.00.